The molecule has 0 aromatic heterocycles. The number of nitrogens with zero attached hydrogens (tertiary/aromatic N) is 1. The van der Waals surface area contributed by atoms with Crippen LogP contribution in [0.2, 0.25) is 0 Å². The molecule has 1 amide bonds. The van der Waals surface area contributed by atoms with Gasteiger partial charge in [0.05, 0.1) is 0 Å². The lowest BCUT2D eigenvalue weighted by Crippen LogP contribution is -2.57. The lowest BCUT2D eigenvalue weighted by atomic mass is 9.53. The van der Waals surface area contributed by atoms with Crippen LogP contribution in [0, 0.1) is 29.1 Å². The molecule has 4 aliphatic rings. The Balaban J connectivity index is 1.67. The summed E-state index contributed by atoms with van der Waals surface area (Å²) in [5.74, 6) is 0.556. The lowest BCUT2D eigenvalue weighted by Gasteiger charge is -2.56. The minimum Gasteiger partial charge on any atom is -0.480 e. The van der Waals surface area contributed by atoms with Crippen molar-refractivity contribution in [3.05, 3.63) is 11.8 Å². The second kappa shape index (κ2) is 5.88. The van der Waals surface area contributed by atoms with Crippen molar-refractivity contribution < 1.29 is 14.7 Å². The summed E-state index contributed by atoms with van der Waals surface area (Å²) in [7, 11) is 0. The van der Waals surface area contributed by atoms with Gasteiger partial charge in [0, 0.05) is 11.7 Å². The summed E-state index contributed by atoms with van der Waals surface area (Å²) < 4.78 is 0. The average Bonchev–Trinajstić information content (AvgIpc) is 2.46. The maximum absolute atomic E-state index is 12.0. The van der Waals surface area contributed by atoms with Crippen molar-refractivity contribution in [1.29, 1.82) is 5.26 Å². The van der Waals surface area contributed by atoms with Crippen LogP contribution in [0.15, 0.2) is 11.8 Å². The van der Waals surface area contributed by atoms with E-state index in [0.29, 0.717) is 0 Å². The third-order valence-electron chi connectivity index (χ3n) is 5.64. The Morgan fingerprint density at radius 3 is 2.17 bits per heavy atom. The van der Waals surface area contributed by atoms with Gasteiger partial charge in [-0.15, -0.1) is 0 Å². The molecule has 124 valence electrons. The van der Waals surface area contributed by atoms with Crippen molar-refractivity contribution in [3.63, 3.8) is 0 Å². The Morgan fingerprint density at radius 2 is 1.74 bits per heavy atom. The molecule has 4 rings (SSSR count). The molecule has 4 saturated carbocycles. The average molecular weight is 317 g/mol. The van der Waals surface area contributed by atoms with E-state index in [1.807, 2.05) is 6.07 Å². The minimum absolute atomic E-state index is 0.0234. The predicted octanol–water partition coefficient (Wildman–Crippen LogP) is 1.54. The highest BCUT2D eigenvalue weighted by atomic mass is 16.4. The number of aliphatic carboxylic acids is 1. The molecule has 0 aromatic rings. The van der Waals surface area contributed by atoms with Crippen LogP contribution in [-0.4, -0.2) is 28.6 Å². The van der Waals surface area contributed by atoms with Crippen LogP contribution in [0.25, 0.3) is 0 Å². The molecule has 1 atom stereocenters. The maximum atomic E-state index is 12.0. The highest BCUT2D eigenvalue weighted by Gasteiger charge is 2.50. The monoisotopic (exact) mass is 317 g/mol. The number of amides is 1. The second-order valence-corrected chi connectivity index (χ2v) is 7.55. The fraction of sp³-hybridized carbons (Fsp3) is 0.706. The minimum atomic E-state index is -1.12. The first-order valence-electron chi connectivity index (χ1n) is 8.32. The zero-order valence-corrected chi connectivity index (χ0v) is 13.3. The van der Waals surface area contributed by atoms with Gasteiger partial charge in [0.25, 0.3) is 5.91 Å². The van der Waals surface area contributed by atoms with Crippen LogP contribution in [0.3, 0.4) is 0 Å². The third-order valence-corrected chi connectivity index (χ3v) is 5.64. The van der Waals surface area contributed by atoms with Gasteiger partial charge in [-0.25, -0.2) is 0 Å². The van der Waals surface area contributed by atoms with E-state index in [0.717, 1.165) is 37.0 Å². The van der Waals surface area contributed by atoms with Crippen molar-refractivity contribution in [1.82, 2.24) is 10.6 Å². The molecule has 3 N–H and O–H groups in total. The zero-order valence-electron chi connectivity index (χ0n) is 13.3. The molecule has 6 heteroatoms. The first-order chi connectivity index (χ1) is 10.9. The molecule has 0 heterocycles. The number of hydrogen-bond acceptors (Lipinski definition) is 4. The summed E-state index contributed by atoms with van der Waals surface area (Å²) in [5, 5.41) is 23.7. The number of carbonyl (C=O) groups excluding carboxylic acids is 1. The van der Waals surface area contributed by atoms with Gasteiger partial charge in [0.15, 0.2) is 0 Å². The molecule has 0 aromatic carbocycles. The fourth-order valence-corrected chi connectivity index (χ4v) is 5.00. The number of nitrogens with one attached hydrogen (secondary N) is 2. The predicted molar refractivity (Wildman–Crippen MR) is 83.0 cm³/mol. The molecule has 1 unspecified atom stereocenters. The molecule has 0 spiro atoms. The first kappa shape index (κ1) is 15.9. The maximum Gasteiger partial charge on any atom is 0.325 e. The van der Waals surface area contributed by atoms with E-state index in [2.05, 4.69) is 10.6 Å². The van der Waals surface area contributed by atoms with Gasteiger partial charge in [-0.1, -0.05) is 0 Å². The van der Waals surface area contributed by atoms with Crippen molar-refractivity contribution in [2.45, 2.75) is 57.0 Å². The van der Waals surface area contributed by atoms with E-state index < -0.39 is 17.9 Å². The number of rotatable bonds is 5. The lowest BCUT2D eigenvalue weighted by molar-refractivity contribution is -0.140. The van der Waals surface area contributed by atoms with E-state index >= 15 is 0 Å². The van der Waals surface area contributed by atoms with Gasteiger partial charge in [-0.3, -0.25) is 9.59 Å². The van der Waals surface area contributed by atoms with Gasteiger partial charge in [0.1, 0.15) is 17.7 Å². The molecular weight excluding hydrogens is 294 g/mol. The second-order valence-electron chi connectivity index (χ2n) is 7.55. The largest absolute Gasteiger partial charge is 0.480 e. The van der Waals surface area contributed by atoms with E-state index in [4.69, 9.17) is 5.11 Å². The Morgan fingerprint density at radius 1 is 1.22 bits per heavy atom. The summed E-state index contributed by atoms with van der Waals surface area (Å²) in [6.07, 6.45) is 8.81. The van der Waals surface area contributed by atoms with E-state index in [9.17, 15) is 14.9 Å². The van der Waals surface area contributed by atoms with Crippen molar-refractivity contribution in [2.75, 3.05) is 0 Å². The Kier molecular flexibility index (Phi) is 4.05. The number of carbonyl (C=O) groups is 2. The van der Waals surface area contributed by atoms with Crippen LogP contribution in [0.4, 0.5) is 0 Å². The first-order valence-corrected chi connectivity index (χ1v) is 8.32. The fourth-order valence-electron chi connectivity index (χ4n) is 5.00. The SMILES string of the molecule is CC(NC(=O)/C(C#N)=C\NC12CC3CC(CC(C3)C1)C2)C(=O)O. The van der Waals surface area contributed by atoms with Gasteiger partial charge >= 0.3 is 5.97 Å². The molecule has 0 aliphatic heterocycles. The summed E-state index contributed by atoms with van der Waals surface area (Å²) >= 11 is 0. The van der Waals surface area contributed by atoms with Gasteiger partial charge in [0.2, 0.25) is 0 Å². The highest BCUT2D eigenvalue weighted by Crippen LogP contribution is 2.55. The van der Waals surface area contributed by atoms with E-state index in [1.165, 1.54) is 32.4 Å². The van der Waals surface area contributed by atoms with E-state index in [-0.39, 0.29) is 11.1 Å². The smallest absolute Gasteiger partial charge is 0.325 e. The van der Waals surface area contributed by atoms with Crippen molar-refractivity contribution in [2.24, 2.45) is 17.8 Å². The molecule has 23 heavy (non-hydrogen) atoms. The standard InChI is InChI=1S/C17H23N3O3/c1-10(16(22)23)20-15(21)14(8-18)9-19-17-5-11-2-12(6-17)4-13(3-11)7-17/h9-13,19H,2-7H2,1H3,(H,20,21)(H,22,23)/b14-9-. The van der Waals surface area contributed by atoms with Gasteiger partial charge in [-0.2, -0.15) is 5.26 Å². The summed E-state index contributed by atoms with van der Waals surface area (Å²) in [4.78, 5) is 22.8. The highest BCUT2D eigenvalue weighted by molar-refractivity contribution is 5.99. The zero-order chi connectivity index (χ0) is 16.6. The van der Waals surface area contributed by atoms with Crippen molar-refractivity contribution >= 4 is 11.9 Å². The molecule has 4 bridgehead atoms. The Labute approximate surface area is 135 Å². The number of hydrogen-bond donors (Lipinski definition) is 3. The molecular formula is C17H23N3O3. The number of carboxylic acid groups (broad SMARTS) is 1. The quantitative estimate of drug-likeness (QED) is 0.527. The Bertz CT molecular complexity index is 555. The molecule has 4 aliphatic carbocycles. The topological polar surface area (TPSA) is 102 Å². The van der Waals surface area contributed by atoms with Crippen molar-refractivity contribution in [3.8, 4) is 6.07 Å². The molecule has 0 radical (unpaired) electrons. The Hall–Kier alpha value is -2.03. The molecule has 4 fully saturated rings. The van der Waals surface area contributed by atoms with Gasteiger partial charge in [-0.05, 0) is 63.2 Å². The van der Waals surface area contributed by atoms with Crippen LogP contribution in [-0.2, 0) is 9.59 Å². The summed E-state index contributed by atoms with van der Waals surface area (Å²) in [6, 6.07) is 0.857. The summed E-state index contributed by atoms with van der Waals surface area (Å²) in [6.45, 7) is 1.38. The van der Waals surface area contributed by atoms with E-state index in [1.54, 1.807) is 0 Å². The third kappa shape index (κ3) is 3.19. The molecule has 6 nitrogen and oxygen atoms in total. The molecule has 0 saturated heterocycles. The number of carboxylic acids is 1. The van der Waals surface area contributed by atoms with Crippen LogP contribution >= 0.6 is 0 Å². The number of nitriles is 1. The normalized spacial score (nSPS) is 36.2. The van der Waals surface area contributed by atoms with Crippen LogP contribution in [0.5, 0.6) is 0 Å². The van der Waals surface area contributed by atoms with Gasteiger partial charge < -0.3 is 15.7 Å². The summed E-state index contributed by atoms with van der Waals surface area (Å²) in [5.41, 5.74) is -0.0379. The van der Waals surface area contributed by atoms with Crippen LogP contribution < -0.4 is 10.6 Å². The van der Waals surface area contributed by atoms with Crippen LogP contribution in [0.1, 0.15) is 45.4 Å².